The highest BCUT2D eigenvalue weighted by Crippen LogP contribution is 2.24. The lowest BCUT2D eigenvalue weighted by Crippen LogP contribution is -2.12. The maximum absolute atomic E-state index is 6.06. The summed E-state index contributed by atoms with van der Waals surface area (Å²) in [7, 11) is 1.93. The number of halogens is 2. The quantitative estimate of drug-likeness (QED) is 0.826. The Morgan fingerprint density at radius 2 is 2.17 bits per heavy atom. The second-order valence-corrected chi connectivity index (χ2v) is 4.33. The maximum Gasteiger partial charge on any atom is 0.0464 e. The standard InChI is InChI=1S/C9H11ClIN/c1-6(12-2)8-4-3-7(11)5-9(8)10/h3-6,12H,1-2H3. The van der Waals surface area contributed by atoms with Crippen LogP contribution in [0.5, 0.6) is 0 Å². The van der Waals surface area contributed by atoms with Gasteiger partial charge in [-0.2, -0.15) is 0 Å². The van der Waals surface area contributed by atoms with Gasteiger partial charge >= 0.3 is 0 Å². The number of rotatable bonds is 2. The first-order chi connectivity index (χ1) is 5.65. The first kappa shape index (κ1) is 10.3. The third kappa shape index (κ3) is 2.34. The van der Waals surface area contributed by atoms with Crippen LogP contribution >= 0.6 is 34.2 Å². The minimum Gasteiger partial charge on any atom is -0.313 e. The second kappa shape index (κ2) is 4.44. The van der Waals surface area contributed by atoms with Crippen LogP contribution < -0.4 is 5.32 Å². The fourth-order valence-electron chi connectivity index (χ4n) is 1.01. The molecular formula is C9H11ClIN. The lowest BCUT2D eigenvalue weighted by Gasteiger charge is -2.12. The van der Waals surface area contributed by atoms with E-state index in [0.29, 0.717) is 6.04 Å². The molecule has 0 heterocycles. The largest absolute Gasteiger partial charge is 0.313 e. The van der Waals surface area contributed by atoms with Gasteiger partial charge in [-0.05, 0) is 54.3 Å². The normalized spacial score (nSPS) is 13.0. The third-order valence-electron chi connectivity index (χ3n) is 1.86. The average Bonchev–Trinajstić information content (AvgIpc) is 2.03. The Balaban J connectivity index is 3.01. The molecule has 1 rings (SSSR count). The Morgan fingerprint density at radius 1 is 1.50 bits per heavy atom. The van der Waals surface area contributed by atoms with Gasteiger partial charge in [0.05, 0.1) is 0 Å². The summed E-state index contributed by atoms with van der Waals surface area (Å²) >= 11 is 8.31. The summed E-state index contributed by atoms with van der Waals surface area (Å²) in [6.45, 7) is 2.09. The number of hydrogen-bond acceptors (Lipinski definition) is 1. The molecule has 0 saturated carbocycles. The number of hydrogen-bond donors (Lipinski definition) is 1. The van der Waals surface area contributed by atoms with Crippen LogP contribution in [0.25, 0.3) is 0 Å². The molecule has 0 bridgehead atoms. The topological polar surface area (TPSA) is 12.0 Å². The van der Waals surface area contributed by atoms with Gasteiger partial charge in [-0.1, -0.05) is 17.7 Å². The number of nitrogens with one attached hydrogen (secondary N) is 1. The first-order valence-corrected chi connectivity index (χ1v) is 5.23. The molecule has 0 aliphatic heterocycles. The summed E-state index contributed by atoms with van der Waals surface area (Å²) in [6.07, 6.45) is 0. The highest BCUT2D eigenvalue weighted by Gasteiger charge is 2.06. The van der Waals surface area contributed by atoms with Crippen molar-refractivity contribution in [2.24, 2.45) is 0 Å². The lowest BCUT2D eigenvalue weighted by atomic mass is 10.1. The van der Waals surface area contributed by atoms with E-state index in [-0.39, 0.29) is 0 Å². The molecule has 1 unspecified atom stereocenters. The zero-order valence-corrected chi connectivity index (χ0v) is 9.98. The predicted octanol–water partition coefficient (Wildman–Crippen LogP) is 3.23. The molecule has 1 aromatic rings. The third-order valence-corrected chi connectivity index (χ3v) is 2.86. The van der Waals surface area contributed by atoms with Gasteiger partial charge in [0, 0.05) is 14.6 Å². The summed E-state index contributed by atoms with van der Waals surface area (Å²) in [5, 5.41) is 3.99. The van der Waals surface area contributed by atoms with Crippen molar-refractivity contribution in [2.45, 2.75) is 13.0 Å². The molecule has 0 aliphatic rings. The summed E-state index contributed by atoms with van der Waals surface area (Å²) in [4.78, 5) is 0. The Labute approximate surface area is 91.6 Å². The molecule has 1 atom stereocenters. The van der Waals surface area contributed by atoms with E-state index >= 15 is 0 Å². The van der Waals surface area contributed by atoms with E-state index in [4.69, 9.17) is 11.6 Å². The smallest absolute Gasteiger partial charge is 0.0464 e. The van der Waals surface area contributed by atoms with Gasteiger partial charge in [0.15, 0.2) is 0 Å². The van der Waals surface area contributed by atoms with Gasteiger partial charge in [0.2, 0.25) is 0 Å². The van der Waals surface area contributed by atoms with Crippen molar-refractivity contribution < 1.29 is 0 Å². The van der Waals surface area contributed by atoms with Gasteiger partial charge in [-0.25, -0.2) is 0 Å². The van der Waals surface area contributed by atoms with Gasteiger partial charge in [-0.15, -0.1) is 0 Å². The molecule has 3 heteroatoms. The van der Waals surface area contributed by atoms with E-state index in [1.165, 1.54) is 3.57 Å². The highest BCUT2D eigenvalue weighted by atomic mass is 127. The molecule has 66 valence electrons. The fourth-order valence-corrected chi connectivity index (χ4v) is 2.03. The Kier molecular flexibility index (Phi) is 3.80. The predicted molar refractivity (Wildman–Crippen MR) is 61.6 cm³/mol. The van der Waals surface area contributed by atoms with Gasteiger partial charge < -0.3 is 5.32 Å². The highest BCUT2D eigenvalue weighted by molar-refractivity contribution is 14.1. The van der Waals surface area contributed by atoms with Crippen LogP contribution in [0.3, 0.4) is 0 Å². The van der Waals surface area contributed by atoms with E-state index in [9.17, 15) is 0 Å². The van der Waals surface area contributed by atoms with Crippen molar-refractivity contribution in [2.75, 3.05) is 7.05 Å². The van der Waals surface area contributed by atoms with Crippen LogP contribution in [-0.4, -0.2) is 7.05 Å². The van der Waals surface area contributed by atoms with E-state index in [0.717, 1.165) is 10.6 Å². The lowest BCUT2D eigenvalue weighted by molar-refractivity contribution is 0.652. The summed E-state index contributed by atoms with van der Waals surface area (Å²) < 4.78 is 1.17. The van der Waals surface area contributed by atoms with Gasteiger partial charge in [0.25, 0.3) is 0 Å². The summed E-state index contributed by atoms with van der Waals surface area (Å²) in [6, 6.07) is 6.42. The van der Waals surface area contributed by atoms with Crippen molar-refractivity contribution in [1.29, 1.82) is 0 Å². The van der Waals surface area contributed by atoms with Crippen LogP contribution in [0.4, 0.5) is 0 Å². The Hall–Kier alpha value is 0.200. The monoisotopic (exact) mass is 295 g/mol. The minimum atomic E-state index is 0.314. The molecule has 0 aliphatic carbocycles. The minimum absolute atomic E-state index is 0.314. The van der Waals surface area contributed by atoms with Crippen molar-refractivity contribution in [3.8, 4) is 0 Å². The van der Waals surface area contributed by atoms with Crippen molar-refractivity contribution >= 4 is 34.2 Å². The zero-order valence-electron chi connectivity index (χ0n) is 7.07. The Bertz CT molecular complexity index is 275. The first-order valence-electron chi connectivity index (χ1n) is 3.77. The maximum atomic E-state index is 6.06. The molecule has 12 heavy (non-hydrogen) atoms. The van der Waals surface area contributed by atoms with Gasteiger partial charge in [-0.3, -0.25) is 0 Å². The van der Waals surface area contributed by atoms with Crippen LogP contribution in [0.1, 0.15) is 18.5 Å². The molecule has 0 saturated heterocycles. The van der Waals surface area contributed by atoms with Gasteiger partial charge in [0.1, 0.15) is 0 Å². The molecule has 1 N–H and O–H groups in total. The molecule has 0 amide bonds. The van der Waals surface area contributed by atoms with Crippen LogP contribution in [-0.2, 0) is 0 Å². The molecule has 0 fully saturated rings. The Morgan fingerprint density at radius 3 is 2.67 bits per heavy atom. The average molecular weight is 296 g/mol. The van der Waals surface area contributed by atoms with E-state index < -0.39 is 0 Å². The second-order valence-electron chi connectivity index (χ2n) is 2.68. The molecule has 1 aromatic carbocycles. The molecule has 1 nitrogen and oxygen atoms in total. The van der Waals surface area contributed by atoms with Crippen LogP contribution in [0.15, 0.2) is 18.2 Å². The zero-order chi connectivity index (χ0) is 9.14. The SMILES string of the molecule is CNC(C)c1ccc(I)cc1Cl. The van der Waals surface area contributed by atoms with E-state index in [1.807, 2.05) is 13.1 Å². The molecule has 0 spiro atoms. The van der Waals surface area contributed by atoms with Crippen LogP contribution in [0, 0.1) is 3.57 Å². The summed E-state index contributed by atoms with van der Waals surface area (Å²) in [5.74, 6) is 0. The van der Waals surface area contributed by atoms with Crippen molar-refractivity contribution in [3.63, 3.8) is 0 Å². The van der Waals surface area contributed by atoms with Crippen molar-refractivity contribution in [1.82, 2.24) is 5.32 Å². The van der Waals surface area contributed by atoms with E-state index in [1.54, 1.807) is 0 Å². The fraction of sp³-hybridized carbons (Fsp3) is 0.333. The number of benzene rings is 1. The molecular weight excluding hydrogens is 284 g/mol. The summed E-state index contributed by atoms with van der Waals surface area (Å²) in [5.41, 5.74) is 1.15. The van der Waals surface area contributed by atoms with E-state index in [2.05, 4.69) is 47.0 Å². The molecule has 0 aromatic heterocycles. The molecule has 0 radical (unpaired) electrons. The van der Waals surface area contributed by atoms with Crippen LogP contribution in [0.2, 0.25) is 5.02 Å². The van der Waals surface area contributed by atoms with Crippen molar-refractivity contribution in [3.05, 3.63) is 32.4 Å².